The standard InChI is InChI=1S/C29H34O14/c1-12-23(35)25(37)26(38)28(41-12)39-11-21-22(17(32)6-3-13-2-5-15(30)18(33)8-13)24(36)27-29(43-21)40-10-20(42-27)14-4-7-16(31)19(34)9-14/h2-9,12,20-31,33-38H,10-11H2,1H3/t12-,20+,21-,22+,23+,24-,25-,26-,27+,28-,29+/m1/s1. The highest BCUT2D eigenvalue weighted by Gasteiger charge is 2.52. The van der Waals surface area contributed by atoms with Crippen LogP contribution in [0.1, 0.15) is 24.2 Å². The molecule has 3 aliphatic heterocycles. The van der Waals surface area contributed by atoms with E-state index in [2.05, 4.69) is 0 Å². The van der Waals surface area contributed by atoms with E-state index < -0.39 is 85.5 Å². The second kappa shape index (κ2) is 12.7. The first-order chi connectivity index (χ1) is 20.4. The van der Waals surface area contributed by atoms with Crippen LogP contribution in [-0.2, 0) is 28.5 Å². The Balaban J connectivity index is 1.36. The van der Waals surface area contributed by atoms with Crippen molar-refractivity contribution in [1.82, 2.24) is 0 Å². The van der Waals surface area contributed by atoms with Crippen LogP contribution >= 0.6 is 0 Å². The monoisotopic (exact) mass is 606 g/mol. The Morgan fingerprint density at radius 1 is 0.860 bits per heavy atom. The number of carbonyl (C=O) groups is 1. The van der Waals surface area contributed by atoms with E-state index in [1.165, 1.54) is 49.4 Å². The Morgan fingerprint density at radius 3 is 2.26 bits per heavy atom. The molecule has 3 fully saturated rings. The van der Waals surface area contributed by atoms with Crippen molar-refractivity contribution in [2.45, 2.75) is 68.3 Å². The van der Waals surface area contributed by atoms with Crippen LogP contribution in [0.4, 0.5) is 0 Å². The second-order valence-electron chi connectivity index (χ2n) is 10.7. The summed E-state index contributed by atoms with van der Waals surface area (Å²) in [5.41, 5.74) is 0.824. The van der Waals surface area contributed by atoms with E-state index in [1.807, 2.05) is 0 Å². The van der Waals surface area contributed by atoms with Gasteiger partial charge in [-0.15, -0.1) is 0 Å². The molecule has 234 valence electrons. The number of rotatable bonds is 7. The third-order valence-corrected chi connectivity index (χ3v) is 7.79. The van der Waals surface area contributed by atoms with Crippen LogP contribution in [0.3, 0.4) is 0 Å². The maximum atomic E-state index is 13.5. The molecule has 43 heavy (non-hydrogen) atoms. The zero-order valence-electron chi connectivity index (χ0n) is 22.9. The van der Waals surface area contributed by atoms with Crippen molar-refractivity contribution in [2.24, 2.45) is 5.92 Å². The molecular weight excluding hydrogens is 572 g/mol. The number of allylic oxidation sites excluding steroid dienone is 1. The molecular formula is C29H34O14. The van der Waals surface area contributed by atoms with Crippen molar-refractivity contribution in [1.29, 1.82) is 0 Å². The molecule has 2 aromatic carbocycles. The maximum absolute atomic E-state index is 13.5. The van der Waals surface area contributed by atoms with Gasteiger partial charge >= 0.3 is 0 Å². The molecule has 3 heterocycles. The number of carbonyl (C=O) groups excluding carboxylic acids is 1. The molecule has 11 atom stereocenters. The van der Waals surface area contributed by atoms with Gasteiger partial charge in [-0.2, -0.15) is 0 Å². The minimum atomic E-state index is -1.61. The van der Waals surface area contributed by atoms with Gasteiger partial charge in [0, 0.05) is 0 Å². The van der Waals surface area contributed by atoms with Gasteiger partial charge in [0.2, 0.25) is 0 Å². The van der Waals surface area contributed by atoms with E-state index in [0.717, 1.165) is 6.08 Å². The van der Waals surface area contributed by atoms with Gasteiger partial charge in [-0.05, 0) is 48.4 Å². The summed E-state index contributed by atoms with van der Waals surface area (Å²) in [6.07, 6.45) is -10.0. The number of hydrogen-bond acceptors (Lipinski definition) is 14. The number of phenols is 4. The molecule has 0 aliphatic carbocycles. The minimum Gasteiger partial charge on any atom is -0.504 e. The number of ether oxygens (including phenoxy) is 5. The summed E-state index contributed by atoms with van der Waals surface area (Å²) in [6.45, 7) is 1.03. The van der Waals surface area contributed by atoms with E-state index >= 15 is 0 Å². The SMILES string of the molecule is C[C@H]1O[C@@H](OC[C@H]2O[C@@H]3OC[C@@H](c4ccc(O)c(O)c4)O[C@H]3[C@H](O)[C@H]2C(=O)C=Cc2ccc(O)c(O)c2)[C@H](O)[C@H](O)[C@H]1O. The predicted octanol–water partition coefficient (Wildman–Crippen LogP) is -0.206. The molecule has 5 rings (SSSR count). The molecule has 0 bridgehead atoms. The summed E-state index contributed by atoms with van der Waals surface area (Å²) in [6, 6.07) is 8.02. The Hall–Kier alpha value is -3.31. The largest absolute Gasteiger partial charge is 0.504 e. The van der Waals surface area contributed by atoms with Gasteiger partial charge in [-0.1, -0.05) is 18.2 Å². The average Bonchev–Trinajstić information content (AvgIpc) is 2.99. The zero-order valence-corrected chi connectivity index (χ0v) is 22.9. The van der Waals surface area contributed by atoms with E-state index in [9.17, 15) is 45.6 Å². The van der Waals surface area contributed by atoms with Crippen molar-refractivity contribution in [3.05, 3.63) is 53.6 Å². The van der Waals surface area contributed by atoms with Crippen molar-refractivity contribution < 1.29 is 69.3 Å². The molecule has 0 aromatic heterocycles. The number of aliphatic hydroxyl groups is 4. The first kappa shape index (κ1) is 31.1. The fraction of sp³-hybridized carbons (Fsp3) is 0.483. The molecule has 14 heteroatoms. The highest BCUT2D eigenvalue weighted by molar-refractivity contribution is 5.96. The topological polar surface area (TPSA) is 225 Å². The van der Waals surface area contributed by atoms with Gasteiger partial charge in [-0.25, -0.2) is 0 Å². The average molecular weight is 607 g/mol. The molecule has 0 amide bonds. The number of phenolic OH excluding ortho intramolecular Hbond substituents is 4. The third kappa shape index (κ3) is 6.47. The first-order valence-corrected chi connectivity index (χ1v) is 13.6. The molecule has 0 saturated carbocycles. The number of aromatic hydroxyl groups is 4. The van der Waals surface area contributed by atoms with Crippen LogP contribution < -0.4 is 0 Å². The molecule has 3 saturated heterocycles. The zero-order chi connectivity index (χ0) is 31.0. The lowest BCUT2D eigenvalue weighted by Crippen LogP contribution is -2.62. The Labute approximate surface area is 245 Å². The number of ketones is 1. The number of fused-ring (bicyclic) bond motifs is 1. The Kier molecular flexibility index (Phi) is 9.22. The lowest BCUT2D eigenvalue weighted by molar-refractivity contribution is -0.350. The van der Waals surface area contributed by atoms with Gasteiger partial charge in [0.1, 0.15) is 30.5 Å². The molecule has 0 spiro atoms. The van der Waals surface area contributed by atoms with Crippen LogP contribution in [0, 0.1) is 5.92 Å². The maximum Gasteiger partial charge on any atom is 0.186 e. The minimum absolute atomic E-state index is 0.0550. The Bertz CT molecular complexity index is 1330. The number of hydrogen-bond donors (Lipinski definition) is 8. The van der Waals surface area contributed by atoms with Gasteiger partial charge in [0.15, 0.2) is 41.4 Å². The van der Waals surface area contributed by atoms with E-state index in [0.29, 0.717) is 11.1 Å². The normalized spacial score (nSPS) is 36.3. The molecule has 3 aliphatic rings. The lowest BCUT2D eigenvalue weighted by atomic mass is 9.84. The van der Waals surface area contributed by atoms with Crippen LogP contribution in [0.15, 0.2) is 42.5 Å². The van der Waals surface area contributed by atoms with E-state index in [4.69, 9.17) is 23.7 Å². The fourth-order valence-electron chi connectivity index (χ4n) is 5.29. The number of benzene rings is 2. The third-order valence-electron chi connectivity index (χ3n) is 7.79. The summed E-state index contributed by atoms with van der Waals surface area (Å²) in [4.78, 5) is 13.5. The van der Waals surface area contributed by atoms with Crippen molar-refractivity contribution in [3.63, 3.8) is 0 Å². The van der Waals surface area contributed by atoms with Crippen LogP contribution in [0.2, 0.25) is 0 Å². The van der Waals surface area contributed by atoms with Crippen LogP contribution in [0.25, 0.3) is 6.08 Å². The van der Waals surface area contributed by atoms with Crippen LogP contribution in [0.5, 0.6) is 23.0 Å². The fourth-order valence-corrected chi connectivity index (χ4v) is 5.29. The summed E-state index contributed by atoms with van der Waals surface area (Å²) < 4.78 is 29.0. The predicted molar refractivity (Wildman–Crippen MR) is 144 cm³/mol. The summed E-state index contributed by atoms with van der Waals surface area (Å²) in [7, 11) is 0. The smallest absolute Gasteiger partial charge is 0.186 e. The van der Waals surface area contributed by atoms with Gasteiger partial charge in [-0.3, -0.25) is 4.79 Å². The van der Waals surface area contributed by atoms with Gasteiger partial charge < -0.3 is 64.5 Å². The van der Waals surface area contributed by atoms with Gasteiger partial charge in [0.05, 0.1) is 37.4 Å². The molecule has 0 unspecified atom stereocenters. The Morgan fingerprint density at radius 2 is 1.56 bits per heavy atom. The van der Waals surface area contributed by atoms with Crippen LogP contribution in [-0.4, -0.2) is 115 Å². The highest BCUT2D eigenvalue weighted by Crippen LogP contribution is 2.39. The quantitative estimate of drug-likeness (QED) is 0.151. The summed E-state index contributed by atoms with van der Waals surface area (Å²) >= 11 is 0. The van der Waals surface area contributed by atoms with E-state index in [-0.39, 0.29) is 23.9 Å². The van der Waals surface area contributed by atoms with Crippen molar-refractivity contribution in [2.75, 3.05) is 13.2 Å². The second-order valence-corrected chi connectivity index (χ2v) is 10.7. The molecule has 14 nitrogen and oxygen atoms in total. The molecule has 2 aromatic rings. The first-order valence-electron chi connectivity index (χ1n) is 13.6. The van der Waals surface area contributed by atoms with Crippen molar-refractivity contribution >= 4 is 11.9 Å². The number of aliphatic hydroxyl groups excluding tert-OH is 4. The summed E-state index contributed by atoms with van der Waals surface area (Å²) in [5, 5.41) is 80.8. The summed E-state index contributed by atoms with van der Waals surface area (Å²) in [5.74, 6) is -3.35. The molecule has 0 radical (unpaired) electrons. The molecule has 8 N–H and O–H groups in total. The highest BCUT2D eigenvalue weighted by atomic mass is 16.7. The van der Waals surface area contributed by atoms with E-state index in [1.54, 1.807) is 0 Å². The van der Waals surface area contributed by atoms with Gasteiger partial charge in [0.25, 0.3) is 0 Å². The lowest BCUT2D eigenvalue weighted by Gasteiger charge is -2.47. The van der Waals surface area contributed by atoms with Crippen molar-refractivity contribution in [3.8, 4) is 23.0 Å².